The number of sulfonamides is 1. The topological polar surface area (TPSA) is 57.7 Å². The molecule has 0 spiro atoms. The fourth-order valence-corrected chi connectivity index (χ4v) is 4.52. The Morgan fingerprint density at radius 1 is 0.966 bits per heavy atom. The monoisotopic (exact) mass is 430 g/mol. The Labute approximate surface area is 165 Å². The van der Waals surface area contributed by atoms with E-state index < -0.39 is 32.5 Å². The van der Waals surface area contributed by atoms with Gasteiger partial charge in [0.15, 0.2) is 0 Å². The number of carbonyl (C=O) groups is 1. The largest absolute Gasteiger partial charge is 0.416 e. The van der Waals surface area contributed by atoms with Crippen molar-refractivity contribution in [3.05, 3.63) is 65.5 Å². The van der Waals surface area contributed by atoms with Crippen molar-refractivity contribution < 1.29 is 30.8 Å². The minimum atomic E-state index is -4.64. The average molecular weight is 430 g/mol. The standard InChI is InChI=1S/C19H18F4N2O3S/c20-16-6-4-14(5-7-16)12-18(26)24-8-10-25(11-9-24)29(27,28)17-3-1-2-15(13-17)19(21,22)23/h1-7,13H,8-12H2. The number of amides is 1. The van der Waals surface area contributed by atoms with Crippen LogP contribution in [-0.4, -0.2) is 49.7 Å². The molecule has 1 aliphatic rings. The summed E-state index contributed by atoms with van der Waals surface area (Å²) in [6, 6.07) is 9.11. The first-order valence-corrected chi connectivity index (χ1v) is 10.2. The summed E-state index contributed by atoms with van der Waals surface area (Å²) in [5, 5.41) is 0. The van der Waals surface area contributed by atoms with Gasteiger partial charge >= 0.3 is 6.18 Å². The molecule has 1 heterocycles. The maximum absolute atomic E-state index is 12.9. The Bertz CT molecular complexity index is 983. The van der Waals surface area contributed by atoms with E-state index in [0.717, 1.165) is 22.5 Å². The van der Waals surface area contributed by atoms with E-state index in [0.29, 0.717) is 11.6 Å². The van der Waals surface area contributed by atoms with Crippen molar-refractivity contribution in [1.29, 1.82) is 0 Å². The summed E-state index contributed by atoms with van der Waals surface area (Å²) < 4.78 is 78.0. The molecular formula is C19H18F4N2O3S. The predicted molar refractivity (Wildman–Crippen MR) is 96.9 cm³/mol. The van der Waals surface area contributed by atoms with Crippen LogP contribution >= 0.6 is 0 Å². The van der Waals surface area contributed by atoms with Crippen molar-refractivity contribution in [2.75, 3.05) is 26.2 Å². The molecule has 0 aliphatic carbocycles. The molecule has 10 heteroatoms. The molecule has 0 bridgehead atoms. The second-order valence-electron chi connectivity index (χ2n) is 6.61. The summed E-state index contributed by atoms with van der Waals surface area (Å²) in [4.78, 5) is 13.4. The Morgan fingerprint density at radius 2 is 1.59 bits per heavy atom. The quantitative estimate of drug-likeness (QED) is 0.701. The minimum Gasteiger partial charge on any atom is -0.340 e. The fraction of sp³-hybridized carbons (Fsp3) is 0.316. The minimum absolute atomic E-state index is 0.0201. The van der Waals surface area contributed by atoms with Crippen molar-refractivity contribution in [2.24, 2.45) is 0 Å². The number of hydrogen-bond acceptors (Lipinski definition) is 3. The molecule has 0 saturated carbocycles. The van der Waals surface area contributed by atoms with Crippen LogP contribution in [0.15, 0.2) is 53.4 Å². The molecule has 0 radical (unpaired) electrons. The number of halogens is 4. The van der Waals surface area contributed by atoms with Crippen molar-refractivity contribution in [1.82, 2.24) is 9.21 Å². The second-order valence-corrected chi connectivity index (χ2v) is 8.55. The smallest absolute Gasteiger partial charge is 0.340 e. The molecule has 1 amide bonds. The lowest BCUT2D eigenvalue weighted by molar-refractivity contribution is -0.137. The third kappa shape index (κ3) is 4.94. The molecule has 0 N–H and O–H groups in total. The zero-order valence-corrected chi connectivity index (χ0v) is 16.0. The summed E-state index contributed by atoms with van der Waals surface area (Å²) >= 11 is 0. The zero-order valence-electron chi connectivity index (χ0n) is 15.2. The average Bonchev–Trinajstić information content (AvgIpc) is 2.69. The molecule has 2 aromatic rings. The van der Waals surface area contributed by atoms with Gasteiger partial charge in [0.1, 0.15) is 5.82 Å². The predicted octanol–water partition coefficient (Wildman–Crippen LogP) is 2.92. The molecule has 1 saturated heterocycles. The van der Waals surface area contributed by atoms with Gasteiger partial charge in [0.2, 0.25) is 15.9 Å². The van der Waals surface area contributed by atoms with Gasteiger partial charge in [-0.2, -0.15) is 17.5 Å². The van der Waals surface area contributed by atoms with E-state index in [1.807, 2.05) is 0 Å². The number of alkyl halides is 3. The molecule has 0 unspecified atom stereocenters. The zero-order chi connectivity index (χ0) is 21.2. The van der Waals surface area contributed by atoms with Crippen LogP contribution in [0.3, 0.4) is 0 Å². The van der Waals surface area contributed by atoms with Gasteiger partial charge in [-0.3, -0.25) is 4.79 Å². The van der Waals surface area contributed by atoms with Crippen molar-refractivity contribution in [2.45, 2.75) is 17.5 Å². The van der Waals surface area contributed by atoms with E-state index in [4.69, 9.17) is 0 Å². The number of nitrogens with zero attached hydrogens (tertiary/aromatic N) is 2. The maximum atomic E-state index is 12.9. The lowest BCUT2D eigenvalue weighted by Crippen LogP contribution is -2.50. The number of carbonyl (C=O) groups excluding carboxylic acids is 1. The van der Waals surface area contributed by atoms with Gasteiger partial charge < -0.3 is 4.90 Å². The van der Waals surface area contributed by atoms with Crippen LogP contribution in [0, 0.1) is 5.82 Å². The number of rotatable bonds is 4. The summed E-state index contributed by atoms with van der Waals surface area (Å²) in [7, 11) is -4.10. The highest BCUT2D eigenvalue weighted by molar-refractivity contribution is 7.89. The molecule has 5 nitrogen and oxygen atoms in total. The third-order valence-electron chi connectivity index (χ3n) is 4.66. The Morgan fingerprint density at radius 3 is 2.17 bits per heavy atom. The van der Waals surface area contributed by atoms with Crippen molar-refractivity contribution in [3.8, 4) is 0 Å². The van der Waals surface area contributed by atoms with Gasteiger partial charge in [-0.15, -0.1) is 0 Å². The first-order valence-electron chi connectivity index (χ1n) is 8.77. The Hall–Kier alpha value is -2.46. The molecule has 156 valence electrons. The van der Waals surface area contributed by atoms with Crippen LogP contribution in [0.5, 0.6) is 0 Å². The first kappa shape index (κ1) is 21.3. The van der Waals surface area contributed by atoms with E-state index in [2.05, 4.69) is 0 Å². The SMILES string of the molecule is O=C(Cc1ccc(F)cc1)N1CCN(S(=O)(=O)c2cccc(C(F)(F)F)c2)CC1. The fourth-order valence-electron chi connectivity index (χ4n) is 3.05. The highest BCUT2D eigenvalue weighted by Gasteiger charge is 2.34. The highest BCUT2D eigenvalue weighted by atomic mass is 32.2. The third-order valence-corrected chi connectivity index (χ3v) is 6.55. The van der Waals surface area contributed by atoms with Crippen LogP contribution in [0.25, 0.3) is 0 Å². The van der Waals surface area contributed by atoms with Crippen LogP contribution in [0.4, 0.5) is 17.6 Å². The summed E-state index contributed by atoms with van der Waals surface area (Å²) in [6.45, 7) is 0.206. The number of hydrogen-bond donors (Lipinski definition) is 0. The maximum Gasteiger partial charge on any atom is 0.416 e. The molecule has 3 rings (SSSR count). The first-order chi connectivity index (χ1) is 13.6. The Balaban J connectivity index is 1.65. The summed E-state index contributed by atoms with van der Waals surface area (Å²) in [6.07, 6.45) is -4.59. The van der Waals surface area contributed by atoms with Gasteiger partial charge in [0.25, 0.3) is 0 Å². The van der Waals surface area contributed by atoms with E-state index in [9.17, 15) is 30.8 Å². The molecule has 2 aromatic carbocycles. The van der Waals surface area contributed by atoms with Gasteiger partial charge in [-0.25, -0.2) is 12.8 Å². The van der Waals surface area contributed by atoms with Gasteiger partial charge in [-0.1, -0.05) is 18.2 Å². The molecule has 1 aliphatic heterocycles. The molecular weight excluding hydrogens is 412 g/mol. The molecule has 1 fully saturated rings. The van der Waals surface area contributed by atoms with Gasteiger partial charge in [0.05, 0.1) is 16.9 Å². The van der Waals surface area contributed by atoms with E-state index in [1.165, 1.54) is 29.2 Å². The second kappa shape index (κ2) is 8.11. The van der Waals surface area contributed by atoms with E-state index in [1.54, 1.807) is 0 Å². The summed E-state index contributed by atoms with van der Waals surface area (Å²) in [5.41, 5.74) is -0.401. The molecule has 0 aromatic heterocycles. The lowest BCUT2D eigenvalue weighted by atomic mass is 10.1. The van der Waals surface area contributed by atoms with E-state index >= 15 is 0 Å². The normalized spacial score (nSPS) is 16.1. The van der Waals surface area contributed by atoms with Crippen molar-refractivity contribution in [3.63, 3.8) is 0 Å². The molecule has 29 heavy (non-hydrogen) atoms. The highest BCUT2D eigenvalue weighted by Crippen LogP contribution is 2.31. The number of piperazine rings is 1. The number of benzene rings is 2. The molecule has 0 atom stereocenters. The van der Waals surface area contributed by atoms with Gasteiger partial charge in [-0.05, 0) is 35.9 Å². The van der Waals surface area contributed by atoms with Crippen LogP contribution in [0.2, 0.25) is 0 Å². The van der Waals surface area contributed by atoms with E-state index in [-0.39, 0.29) is 38.5 Å². The summed E-state index contributed by atoms with van der Waals surface area (Å²) in [5.74, 6) is -0.637. The van der Waals surface area contributed by atoms with Gasteiger partial charge in [0, 0.05) is 26.2 Å². The van der Waals surface area contributed by atoms with Crippen LogP contribution < -0.4 is 0 Å². The van der Waals surface area contributed by atoms with Crippen LogP contribution in [-0.2, 0) is 27.4 Å². The van der Waals surface area contributed by atoms with Crippen molar-refractivity contribution >= 4 is 15.9 Å². The Kier molecular flexibility index (Phi) is 5.95. The van der Waals surface area contributed by atoms with Crippen LogP contribution in [0.1, 0.15) is 11.1 Å². The lowest BCUT2D eigenvalue weighted by Gasteiger charge is -2.34.